The van der Waals surface area contributed by atoms with E-state index in [1.807, 2.05) is 0 Å². The summed E-state index contributed by atoms with van der Waals surface area (Å²) in [5.74, 6) is 1.09. The van der Waals surface area contributed by atoms with Gasteiger partial charge in [0.25, 0.3) is 25.0 Å². The second kappa shape index (κ2) is 13.7. The fourth-order valence-corrected chi connectivity index (χ4v) is 11.7. The van der Waals surface area contributed by atoms with E-state index in [9.17, 15) is 0 Å². The van der Waals surface area contributed by atoms with Crippen molar-refractivity contribution in [1.82, 2.24) is 0 Å². The Morgan fingerprint density at radius 2 is 1.35 bits per heavy atom. The molecular formula is C36H69N3O5Si5. The number of nitrogens with zero attached hydrogens (tertiary/aromatic N) is 3. The molecule has 5 unspecified atom stereocenters. The molecule has 0 radical (unpaired) electrons. The van der Waals surface area contributed by atoms with Gasteiger partial charge in [-0.1, -0.05) is 25.5 Å². The molecule has 49 heavy (non-hydrogen) atoms. The van der Waals surface area contributed by atoms with Crippen LogP contribution in [0.3, 0.4) is 0 Å². The summed E-state index contributed by atoms with van der Waals surface area (Å²) in [6, 6.07) is 0. The molecule has 4 rings (SSSR count). The molecule has 0 spiro atoms. The number of hydrogen-bond donors (Lipinski definition) is 0. The van der Waals surface area contributed by atoms with E-state index >= 15 is 0 Å². The summed E-state index contributed by atoms with van der Waals surface area (Å²) in [6.07, 6.45) is 11.8. The molecule has 0 saturated heterocycles. The highest BCUT2D eigenvalue weighted by Crippen LogP contribution is 2.67. The Balaban J connectivity index is 1.88. The first-order chi connectivity index (χ1) is 22.1. The highest BCUT2D eigenvalue weighted by atomic mass is 28.4. The SMILES string of the molecule is CC12C=CC(=NO[Si](C)(C)C)C=C1CCC1C2C(=NO[Si](C)(C)C)CC2(C)C1CC[C@]2(O[Si](C)(C)C)C(CO[Si](C)(C)C)=NO[Si](C)(C)C. The fourth-order valence-electron chi connectivity index (χ4n) is 8.51. The lowest BCUT2D eigenvalue weighted by atomic mass is 9.46. The maximum Gasteiger partial charge on any atom is 0.278 e. The summed E-state index contributed by atoms with van der Waals surface area (Å²) in [7, 11) is -9.68. The first kappa shape index (κ1) is 40.7. The molecule has 0 aliphatic heterocycles. The molecular weight excluding hydrogens is 695 g/mol. The minimum absolute atomic E-state index is 0.173. The van der Waals surface area contributed by atoms with Crippen molar-refractivity contribution in [3.8, 4) is 0 Å². The summed E-state index contributed by atoms with van der Waals surface area (Å²) in [5.41, 5.74) is 3.42. The predicted molar refractivity (Wildman–Crippen MR) is 219 cm³/mol. The lowest BCUT2D eigenvalue weighted by Gasteiger charge is -2.59. The molecule has 8 nitrogen and oxygen atoms in total. The zero-order chi connectivity index (χ0) is 37.1. The van der Waals surface area contributed by atoms with Crippen molar-refractivity contribution in [2.24, 2.45) is 44.1 Å². The van der Waals surface area contributed by atoms with Crippen LogP contribution >= 0.6 is 0 Å². The fraction of sp³-hybridized carbons (Fsp3) is 0.806. The normalized spacial score (nSPS) is 34.3. The lowest BCUT2D eigenvalue weighted by Crippen LogP contribution is -2.64. The van der Waals surface area contributed by atoms with Crippen molar-refractivity contribution < 1.29 is 22.4 Å². The second-order valence-corrected chi connectivity index (χ2v) is 42.6. The van der Waals surface area contributed by atoms with E-state index in [-0.39, 0.29) is 16.7 Å². The third kappa shape index (κ3) is 9.47. The van der Waals surface area contributed by atoms with Crippen LogP contribution in [0.4, 0.5) is 0 Å². The van der Waals surface area contributed by atoms with E-state index in [1.165, 1.54) is 11.3 Å². The van der Waals surface area contributed by atoms with Gasteiger partial charge in [-0.3, -0.25) is 0 Å². The first-order valence-electron chi connectivity index (χ1n) is 18.6. The van der Waals surface area contributed by atoms with Gasteiger partial charge in [0.2, 0.25) is 0 Å². The van der Waals surface area contributed by atoms with Gasteiger partial charge in [-0.15, -0.1) is 15.5 Å². The monoisotopic (exact) mass is 763 g/mol. The summed E-state index contributed by atoms with van der Waals surface area (Å²) < 4.78 is 33.1. The van der Waals surface area contributed by atoms with Gasteiger partial charge < -0.3 is 22.4 Å². The van der Waals surface area contributed by atoms with Gasteiger partial charge in [0.1, 0.15) is 17.0 Å². The first-order valence-corrected chi connectivity index (χ1v) is 35.6. The van der Waals surface area contributed by atoms with Gasteiger partial charge in [-0.25, -0.2) is 0 Å². The maximum atomic E-state index is 7.57. The van der Waals surface area contributed by atoms with Gasteiger partial charge in [-0.05, 0) is 154 Å². The molecule has 0 heterocycles. The molecule has 0 bridgehead atoms. The van der Waals surface area contributed by atoms with E-state index in [4.69, 9.17) is 32.7 Å². The Bertz CT molecular complexity index is 1400. The van der Waals surface area contributed by atoms with Crippen LogP contribution in [0.25, 0.3) is 0 Å². The van der Waals surface area contributed by atoms with E-state index in [0.717, 1.165) is 43.5 Å². The standard InChI is InChI=1S/C36H69N3O5Si5/c1-34-22-20-28(37-42-47(9,10)11)24-27(34)18-19-29-30-21-23-36(41-46(6,7)8,32(26-40-45(3,4)5)39-44-49(15,16)17)35(30,2)25-31(33(29)34)38-43-48(12,13)14/h20,22,24,29-30,33H,18-19,21,23,25-26H2,1-17H3/t29?,30?,33?,34?,35?,36-/m0/s1. The Kier molecular flexibility index (Phi) is 11.4. The van der Waals surface area contributed by atoms with Crippen LogP contribution in [0.1, 0.15) is 46.0 Å². The van der Waals surface area contributed by atoms with Crippen LogP contribution in [-0.4, -0.2) is 70.9 Å². The highest BCUT2D eigenvalue weighted by molar-refractivity contribution is 6.71. The van der Waals surface area contributed by atoms with Crippen LogP contribution in [0.5, 0.6) is 0 Å². The summed E-state index contributed by atoms with van der Waals surface area (Å²) in [4.78, 5) is 0. The maximum absolute atomic E-state index is 7.57. The molecule has 3 fully saturated rings. The van der Waals surface area contributed by atoms with Crippen LogP contribution in [0.15, 0.2) is 39.3 Å². The van der Waals surface area contributed by atoms with Gasteiger partial charge in [0, 0.05) is 16.7 Å². The minimum atomic E-state index is -2.09. The Morgan fingerprint density at radius 3 is 1.90 bits per heavy atom. The van der Waals surface area contributed by atoms with E-state index in [0.29, 0.717) is 18.4 Å². The molecule has 0 aromatic carbocycles. The Labute approximate surface area is 304 Å². The summed E-state index contributed by atoms with van der Waals surface area (Å²) in [6.45, 7) is 38.8. The third-order valence-electron chi connectivity index (χ3n) is 10.3. The average Bonchev–Trinajstić information content (AvgIpc) is 3.19. The number of rotatable bonds is 12. The Morgan fingerprint density at radius 1 is 0.755 bits per heavy atom. The van der Waals surface area contributed by atoms with Gasteiger partial charge in [-0.2, -0.15) is 0 Å². The topological polar surface area (TPSA) is 83.2 Å². The van der Waals surface area contributed by atoms with Crippen molar-refractivity contribution in [1.29, 1.82) is 0 Å². The zero-order valence-electron chi connectivity index (χ0n) is 34.1. The van der Waals surface area contributed by atoms with Crippen molar-refractivity contribution >= 4 is 58.7 Å². The minimum Gasteiger partial charge on any atom is -0.456 e. The number of hydrogen-bond acceptors (Lipinski definition) is 8. The van der Waals surface area contributed by atoms with Crippen molar-refractivity contribution in [3.05, 3.63) is 23.8 Å². The molecule has 13 heteroatoms. The van der Waals surface area contributed by atoms with Crippen molar-refractivity contribution in [2.75, 3.05) is 6.61 Å². The molecule has 0 amide bonds. The number of fused-ring (bicyclic) bond motifs is 5. The van der Waals surface area contributed by atoms with Crippen LogP contribution in [-0.2, 0) is 22.4 Å². The van der Waals surface area contributed by atoms with Gasteiger partial charge in [0.15, 0.2) is 16.6 Å². The van der Waals surface area contributed by atoms with Gasteiger partial charge >= 0.3 is 0 Å². The largest absolute Gasteiger partial charge is 0.456 e. The van der Waals surface area contributed by atoms with Crippen molar-refractivity contribution in [3.63, 3.8) is 0 Å². The van der Waals surface area contributed by atoms with Crippen LogP contribution in [0, 0.1) is 28.6 Å². The molecule has 4 aliphatic rings. The molecule has 0 aromatic heterocycles. The molecule has 4 aliphatic carbocycles. The molecule has 6 atom stereocenters. The summed E-state index contributed by atoms with van der Waals surface area (Å²) in [5, 5.41) is 14.9. The number of allylic oxidation sites excluding steroid dienone is 4. The molecule has 0 aromatic rings. The smallest absolute Gasteiger partial charge is 0.278 e. The third-order valence-corrected chi connectivity index (χ3v) is 14.2. The molecule has 0 N–H and O–H groups in total. The summed E-state index contributed by atoms with van der Waals surface area (Å²) >= 11 is 0. The van der Waals surface area contributed by atoms with E-state index in [1.54, 1.807) is 0 Å². The Hall–Kier alpha value is -1.11. The zero-order valence-corrected chi connectivity index (χ0v) is 39.1. The lowest BCUT2D eigenvalue weighted by molar-refractivity contribution is -0.0405. The predicted octanol–water partition coefficient (Wildman–Crippen LogP) is 10.4. The van der Waals surface area contributed by atoms with E-state index < -0.39 is 47.2 Å². The molecule has 3 saturated carbocycles. The van der Waals surface area contributed by atoms with Crippen LogP contribution in [0.2, 0.25) is 98.2 Å². The van der Waals surface area contributed by atoms with Crippen LogP contribution < -0.4 is 0 Å². The average molecular weight is 764 g/mol. The van der Waals surface area contributed by atoms with Gasteiger partial charge in [0.05, 0.1) is 12.3 Å². The quantitative estimate of drug-likeness (QED) is 0.112. The molecule has 278 valence electrons. The number of oxime groups is 3. The second-order valence-electron chi connectivity index (χ2n) is 20.4. The highest BCUT2D eigenvalue weighted by Gasteiger charge is 2.69. The van der Waals surface area contributed by atoms with E-state index in [2.05, 4.69) is 135 Å². The van der Waals surface area contributed by atoms with Crippen molar-refractivity contribution in [2.45, 2.75) is 150 Å².